The van der Waals surface area contributed by atoms with Gasteiger partial charge in [-0.25, -0.2) is 4.79 Å². The lowest BCUT2D eigenvalue weighted by Gasteiger charge is -2.40. The quantitative estimate of drug-likeness (QED) is 0.533. The molecule has 2 aromatic carbocycles. The average Bonchev–Trinajstić information content (AvgIpc) is 3.39. The van der Waals surface area contributed by atoms with Crippen LogP contribution in [0, 0.1) is 0 Å². The van der Waals surface area contributed by atoms with Crippen LogP contribution in [0.25, 0.3) is 11.5 Å². The molecule has 2 amide bonds. The number of amides is 2. The van der Waals surface area contributed by atoms with Crippen LogP contribution in [0.3, 0.4) is 0 Å². The summed E-state index contributed by atoms with van der Waals surface area (Å²) in [6.45, 7) is 2.78. The highest BCUT2D eigenvalue weighted by Gasteiger charge is 2.37. The molecule has 2 aliphatic rings. The van der Waals surface area contributed by atoms with E-state index in [1.54, 1.807) is 9.80 Å². The van der Waals surface area contributed by atoms with Gasteiger partial charge in [-0.1, -0.05) is 35.5 Å². The summed E-state index contributed by atoms with van der Waals surface area (Å²) in [6.07, 6.45) is -3.81. The number of hydrogen-bond donors (Lipinski definition) is 0. The van der Waals surface area contributed by atoms with E-state index in [0.717, 1.165) is 23.3 Å². The summed E-state index contributed by atoms with van der Waals surface area (Å²) < 4.78 is 50.1. The molecule has 35 heavy (non-hydrogen) atoms. The van der Waals surface area contributed by atoms with Gasteiger partial charge in [0.25, 0.3) is 5.89 Å². The molecule has 2 saturated heterocycles. The molecule has 5 rings (SSSR count). The summed E-state index contributed by atoms with van der Waals surface area (Å²) >= 11 is 0. The highest BCUT2D eigenvalue weighted by molar-refractivity contribution is 5.75. The number of morpholine rings is 1. The average molecular weight is 486 g/mol. The van der Waals surface area contributed by atoms with Crippen molar-refractivity contribution in [1.82, 2.24) is 19.9 Å². The van der Waals surface area contributed by atoms with Crippen molar-refractivity contribution in [3.8, 4) is 11.5 Å². The van der Waals surface area contributed by atoms with Crippen molar-refractivity contribution in [2.24, 2.45) is 0 Å². The maximum atomic E-state index is 13.3. The Morgan fingerprint density at radius 2 is 1.60 bits per heavy atom. The van der Waals surface area contributed by atoms with Gasteiger partial charge in [0.15, 0.2) is 5.82 Å². The molecule has 2 unspecified atom stereocenters. The summed E-state index contributed by atoms with van der Waals surface area (Å²) in [5, 5.41) is 4.19. The third-order valence-corrected chi connectivity index (χ3v) is 6.54. The first kappa shape index (κ1) is 23.3. The Morgan fingerprint density at radius 1 is 0.914 bits per heavy atom. The molecule has 3 heterocycles. The van der Waals surface area contributed by atoms with Gasteiger partial charge in [-0.15, -0.1) is 0 Å². The number of aromatic nitrogens is 2. The minimum atomic E-state index is -4.40. The van der Waals surface area contributed by atoms with Crippen LogP contribution in [0.4, 0.5) is 18.0 Å². The molecular weight excluding hydrogens is 461 g/mol. The zero-order valence-electron chi connectivity index (χ0n) is 18.9. The van der Waals surface area contributed by atoms with Crippen LogP contribution < -0.4 is 0 Å². The number of alkyl halides is 3. The normalized spacial score (nSPS) is 21.2. The van der Waals surface area contributed by atoms with Crippen LogP contribution in [0.1, 0.15) is 35.2 Å². The van der Waals surface area contributed by atoms with Crippen LogP contribution in [-0.2, 0) is 10.9 Å². The molecule has 1 aromatic heterocycles. The first-order chi connectivity index (χ1) is 16.9. The lowest BCUT2D eigenvalue weighted by atomic mass is 9.84. The summed E-state index contributed by atoms with van der Waals surface area (Å²) in [7, 11) is 0. The van der Waals surface area contributed by atoms with Crippen molar-refractivity contribution in [3.05, 3.63) is 71.5 Å². The van der Waals surface area contributed by atoms with Gasteiger partial charge in [-0.05, 0) is 36.2 Å². The molecule has 10 heteroatoms. The van der Waals surface area contributed by atoms with Crippen LogP contribution in [-0.4, -0.2) is 65.4 Å². The Hall–Kier alpha value is -3.40. The monoisotopic (exact) mass is 486 g/mol. The Morgan fingerprint density at radius 3 is 2.29 bits per heavy atom. The van der Waals surface area contributed by atoms with Crippen LogP contribution >= 0.6 is 0 Å². The third kappa shape index (κ3) is 5.17. The fourth-order valence-electron chi connectivity index (χ4n) is 4.68. The number of likely N-dealkylation sites (tertiary alicyclic amines) is 1. The Kier molecular flexibility index (Phi) is 6.46. The molecule has 2 aliphatic heterocycles. The largest absolute Gasteiger partial charge is 0.416 e. The van der Waals surface area contributed by atoms with Crippen molar-refractivity contribution in [1.29, 1.82) is 0 Å². The second-order valence-corrected chi connectivity index (χ2v) is 8.86. The summed E-state index contributed by atoms with van der Waals surface area (Å²) in [5.41, 5.74) is 0.845. The van der Waals surface area contributed by atoms with Gasteiger partial charge in [0.1, 0.15) is 0 Å². The molecule has 2 atom stereocenters. The van der Waals surface area contributed by atoms with E-state index in [1.807, 2.05) is 30.3 Å². The van der Waals surface area contributed by atoms with E-state index >= 15 is 0 Å². The molecule has 0 radical (unpaired) electrons. The van der Waals surface area contributed by atoms with E-state index in [9.17, 15) is 18.0 Å². The maximum absolute atomic E-state index is 13.3. The second-order valence-electron chi connectivity index (χ2n) is 8.86. The van der Waals surface area contributed by atoms with Crippen molar-refractivity contribution < 1.29 is 27.2 Å². The van der Waals surface area contributed by atoms with E-state index < -0.39 is 11.7 Å². The SMILES string of the molecule is O=C(N1CCOCC1)N1CC(c2ccc(C(F)(F)F)cc2)CC(c2noc(-c3ccccc3)n2)C1. The van der Waals surface area contributed by atoms with Crippen LogP contribution in [0.5, 0.6) is 0 Å². The van der Waals surface area contributed by atoms with Gasteiger partial charge in [0.05, 0.1) is 18.8 Å². The van der Waals surface area contributed by atoms with E-state index in [-0.39, 0.29) is 17.9 Å². The zero-order valence-corrected chi connectivity index (χ0v) is 18.9. The van der Waals surface area contributed by atoms with E-state index in [1.165, 1.54) is 12.1 Å². The molecule has 0 N–H and O–H groups in total. The molecule has 0 saturated carbocycles. The number of ether oxygens (including phenoxy) is 1. The van der Waals surface area contributed by atoms with E-state index in [0.29, 0.717) is 57.5 Å². The fraction of sp³-hybridized carbons (Fsp3) is 0.400. The molecular formula is C25H25F3N4O3. The molecule has 0 aliphatic carbocycles. The van der Waals surface area contributed by atoms with E-state index in [4.69, 9.17) is 9.26 Å². The summed E-state index contributed by atoms with van der Waals surface area (Å²) in [5.74, 6) is 0.491. The lowest BCUT2D eigenvalue weighted by Crippen LogP contribution is -2.52. The highest BCUT2D eigenvalue weighted by atomic mass is 19.4. The number of carbonyl (C=O) groups excluding carboxylic acids is 1. The van der Waals surface area contributed by atoms with Gasteiger partial charge >= 0.3 is 12.2 Å². The zero-order chi connectivity index (χ0) is 24.4. The Bertz CT molecular complexity index is 1140. The number of hydrogen-bond acceptors (Lipinski definition) is 5. The van der Waals surface area contributed by atoms with Gasteiger partial charge in [-0.2, -0.15) is 18.2 Å². The predicted molar refractivity (Wildman–Crippen MR) is 121 cm³/mol. The lowest BCUT2D eigenvalue weighted by molar-refractivity contribution is -0.137. The minimum Gasteiger partial charge on any atom is -0.378 e. The molecule has 3 aromatic rings. The highest BCUT2D eigenvalue weighted by Crippen LogP contribution is 2.37. The number of piperidine rings is 1. The number of benzene rings is 2. The predicted octanol–water partition coefficient (Wildman–Crippen LogP) is 4.78. The fourth-order valence-corrected chi connectivity index (χ4v) is 4.68. The van der Waals surface area contributed by atoms with Crippen molar-refractivity contribution in [2.45, 2.75) is 24.4 Å². The summed E-state index contributed by atoms with van der Waals surface area (Å²) in [4.78, 5) is 21.4. The third-order valence-electron chi connectivity index (χ3n) is 6.54. The van der Waals surface area contributed by atoms with Crippen LogP contribution in [0.15, 0.2) is 59.1 Å². The molecule has 2 fully saturated rings. The van der Waals surface area contributed by atoms with Gasteiger partial charge in [-0.3, -0.25) is 0 Å². The van der Waals surface area contributed by atoms with Gasteiger partial charge < -0.3 is 19.1 Å². The first-order valence-corrected chi connectivity index (χ1v) is 11.6. The minimum absolute atomic E-state index is 0.110. The maximum Gasteiger partial charge on any atom is 0.416 e. The molecule has 0 spiro atoms. The van der Waals surface area contributed by atoms with Gasteiger partial charge in [0.2, 0.25) is 0 Å². The standard InChI is InChI=1S/C25H25F3N4O3/c26-25(27,28)21-8-6-17(7-9-21)19-14-20(16-32(15-19)24(33)31-10-12-34-13-11-31)22-29-23(35-30-22)18-4-2-1-3-5-18/h1-9,19-20H,10-16H2. The molecule has 0 bridgehead atoms. The second kappa shape index (κ2) is 9.69. The van der Waals surface area contributed by atoms with Crippen LogP contribution in [0.2, 0.25) is 0 Å². The Labute approximate surface area is 200 Å². The smallest absolute Gasteiger partial charge is 0.378 e. The number of rotatable bonds is 3. The number of urea groups is 1. The summed E-state index contributed by atoms with van der Waals surface area (Å²) in [6, 6.07) is 14.5. The molecule has 7 nitrogen and oxygen atoms in total. The first-order valence-electron chi connectivity index (χ1n) is 11.6. The topological polar surface area (TPSA) is 71.7 Å². The number of carbonyl (C=O) groups is 1. The molecule has 184 valence electrons. The van der Waals surface area contributed by atoms with Gasteiger partial charge in [0, 0.05) is 43.6 Å². The number of halogens is 3. The Balaban J connectivity index is 1.41. The van der Waals surface area contributed by atoms with Crippen molar-refractivity contribution in [3.63, 3.8) is 0 Å². The van der Waals surface area contributed by atoms with Crippen molar-refractivity contribution >= 4 is 6.03 Å². The van der Waals surface area contributed by atoms with E-state index in [2.05, 4.69) is 10.1 Å². The number of nitrogens with zero attached hydrogens (tertiary/aromatic N) is 4. The van der Waals surface area contributed by atoms with Crippen molar-refractivity contribution in [2.75, 3.05) is 39.4 Å².